The van der Waals surface area contributed by atoms with Crippen LogP contribution in [0.4, 0.5) is 0 Å². The largest absolute Gasteiger partial charge is 0.329 e. The highest BCUT2D eigenvalue weighted by molar-refractivity contribution is 7.86. The first kappa shape index (κ1) is 11.3. The van der Waals surface area contributed by atoms with E-state index in [-0.39, 0.29) is 13.0 Å². The number of rotatable bonds is 5. The van der Waals surface area contributed by atoms with Gasteiger partial charge in [0.05, 0.1) is 0 Å². The molecule has 12 heavy (non-hydrogen) atoms. The molecule has 70 valence electrons. The van der Waals surface area contributed by atoms with Crippen molar-refractivity contribution in [1.82, 2.24) is 0 Å². The second-order valence-electron chi connectivity index (χ2n) is 2.25. The molecule has 1 atom stereocenters. The van der Waals surface area contributed by atoms with E-state index in [0.717, 1.165) is 6.08 Å². The van der Waals surface area contributed by atoms with Crippen LogP contribution in [0.5, 0.6) is 0 Å². The van der Waals surface area contributed by atoms with Gasteiger partial charge < -0.3 is 5.73 Å². The number of allylic oxidation sites excluding steroid dienone is 1. The van der Waals surface area contributed by atoms with Gasteiger partial charge in [0.15, 0.2) is 5.78 Å². The number of hydrogen-bond acceptors (Lipinski definition) is 4. The van der Waals surface area contributed by atoms with Crippen molar-refractivity contribution in [2.75, 3.05) is 6.54 Å². The first-order chi connectivity index (χ1) is 5.41. The van der Waals surface area contributed by atoms with Crippen LogP contribution in [-0.2, 0) is 14.9 Å². The molecule has 0 amide bonds. The molecule has 0 bridgehead atoms. The number of ketones is 1. The molecular formula is C6H11NO4S. The summed E-state index contributed by atoms with van der Waals surface area (Å²) in [6.07, 6.45) is 0.673. The predicted molar refractivity (Wildman–Crippen MR) is 44.2 cm³/mol. The van der Waals surface area contributed by atoms with Gasteiger partial charge in [-0.15, -0.1) is 0 Å². The van der Waals surface area contributed by atoms with Gasteiger partial charge in [0, 0.05) is 13.0 Å². The van der Waals surface area contributed by atoms with Gasteiger partial charge in [-0.1, -0.05) is 6.58 Å². The molecule has 0 saturated carbocycles. The van der Waals surface area contributed by atoms with E-state index in [2.05, 4.69) is 6.58 Å². The maximum Gasteiger partial charge on any atom is 0.269 e. The van der Waals surface area contributed by atoms with Gasteiger partial charge in [-0.2, -0.15) is 8.42 Å². The first-order valence-corrected chi connectivity index (χ1v) is 4.73. The molecule has 0 aliphatic rings. The summed E-state index contributed by atoms with van der Waals surface area (Å²) in [5.74, 6) is -0.455. The number of carbonyl (C=O) groups excluding carboxylic acids is 1. The molecular weight excluding hydrogens is 182 g/mol. The quantitative estimate of drug-likeness (QED) is 0.446. The highest BCUT2D eigenvalue weighted by Gasteiger charge is 2.22. The van der Waals surface area contributed by atoms with Gasteiger partial charge in [0.25, 0.3) is 10.1 Å². The summed E-state index contributed by atoms with van der Waals surface area (Å²) in [6.45, 7) is 2.88. The van der Waals surface area contributed by atoms with E-state index >= 15 is 0 Å². The summed E-state index contributed by atoms with van der Waals surface area (Å²) in [5, 5.41) is -1.22. The van der Waals surface area contributed by atoms with Crippen LogP contribution in [0, 0.1) is 0 Å². The highest BCUT2D eigenvalue weighted by Crippen LogP contribution is 2.03. The molecule has 5 nitrogen and oxygen atoms in total. The lowest BCUT2D eigenvalue weighted by Crippen LogP contribution is -2.31. The van der Waals surface area contributed by atoms with Crippen LogP contribution in [-0.4, -0.2) is 30.5 Å². The van der Waals surface area contributed by atoms with Gasteiger partial charge >= 0.3 is 0 Å². The molecule has 0 fully saturated rings. The Hall–Kier alpha value is -0.720. The summed E-state index contributed by atoms with van der Waals surface area (Å²) in [7, 11) is -4.21. The highest BCUT2D eigenvalue weighted by atomic mass is 32.2. The average molecular weight is 193 g/mol. The van der Waals surface area contributed by atoms with Gasteiger partial charge in [0.1, 0.15) is 5.25 Å². The Morgan fingerprint density at radius 2 is 2.17 bits per heavy atom. The predicted octanol–water partition coefficient (Wildman–Crippen LogP) is -0.653. The Balaban J connectivity index is 4.40. The van der Waals surface area contributed by atoms with Crippen molar-refractivity contribution in [3.8, 4) is 0 Å². The monoisotopic (exact) mass is 193 g/mol. The van der Waals surface area contributed by atoms with E-state index < -0.39 is 21.2 Å². The van der Waals surface area contributed by atoms with Crippen molar-refractivity contribution in [2.24, 2.45) is 5.73 Å². The molecule has 1 unspecified atom stereocenters. The minimum Gasteiger partial charge on any atom is -0.329 e. The zero-order valence-electron chi connectivity index (χ0n) is 6.43. The third-order valence-electron chi connectivity index (χ3n) is 1.34. The summed E-state index contributed by atoms with van der Waals surface area (Å²) in [4.78, 5) is 10.7. The lowest BCUT2D eigenvalue weighted by molar-refractivity contribution is -0.114. The van der Waals surface area contributed by atoms with Crippen molar-refractivity contribution in [3.63, 3.8) is 0 Å². The molecule has 0 radical (unpaired) electrons. The summed E-state index contributed by atoms with van der Waals surface area (Å²) in [5.41, 5.74) is 5.04. The Labute approximate surface area is 71.0 Å². The third kappa shape index (κ3) is 3.61. The maximum absolute atomic E-state index is 10.7. The molecule has 6 heteroatoms. The maximum atomic E-state index is 10.7. The molecule has 0 aromatic heterocycles. The second-order valence-corrected chi connectivity index (χ2v) is 3.94. The van der Waals surface area contributed by atoms with Crippen LogP contribution >= 0.6 is 0 Å². The Morgan fingerprint density at radius 3 is 2.42 bits per heavy atom. The molecule has 0 aromatic rings. The van der Waals surface area contributed by atoms with Gasteiger partial charge in [-0.05, 0) is 6.08 Å². The van der Waals surface area contributed by atoms with Gasteiger partial charge in [0.2, 0.25) is 0 Å². The molecule has 0 aliphatic heterocycles. The van der Waals surface area contributed by atoms with Gasteiger partial charge in [-0.25, -0.2) is 0 Å². The molecule has 3 N–H and O–H groups in total. The SMILES string of the molecule is C=CC(=O)CC(CN)S(=O)(=O)O. The second kappa shape index (κ2) is 4.34. The van der Waals surface area contributed by atoms with Crippen LogP contribution in [0.15, 0.2) is 12.7 Å². The van der Waals surface area contributed by atoms with E-state index in [1.807, 2.05) is 0 Å². The van der Waals surface area contributed by atoms with Gasteiger partial charge in [-0.3, -0.25) is 9.35 Å². The molecule has 0 aliphatic carbocycles. The zero-order chi connectivity index (χ0) is 9.78. The molecule has 0 rings (SSSR count). The van der Waals surface area contributed by atoms with Crippen molar-refractivity contribution in [1.29, 1.82) is 0 Å². The lowest BCUT2D eigenvalue weighted by Gasteiger charge is -2.07. The number of nitrogens with two attached hydrogens (primary N) is 1. The topological polar surface area (TPSA) is 97.5 Å². The van der Waals surface area contributed by atoms with Crippen molar-refractivity contribution in [3.05, 3.63) is 12.7 Å². The van der Waals surface area contributed by atoms with Crippen LogP contribution in [0.3, 0.4) is 0 Å². The van der Waals surface area contributed by atoms with Crippen LogP contribution in [0.1, 0.15) is 6.42 Å². The molecule has 0 aromatic carbocycles. The Kier molecular flexibility index (Phi) is 4.08. The Morgan fingerprint density at radius 1 is 1.67 bits per heavy atom. The molecule has 0 saturated heterocycles. The third-order valence-corrected chi connectivity index (χ3v) is 2.54. The fourth-order valence-corrected chi connectivity index (χ4v) is 1.24. The van der Waals surface area contributed by atoms with Crippen molar-refractivity contribution >= 4 is 15.9 Å². The van der Waals surface area contributed by atoms with Crippen molar-refractivity contribution < 1.29 is 17.8 Å². The fraction of sp³-hybridized carbons (Fsp3) is 0.500. The van der Waals surface area contributed by atoms with Crippen LogP contribution in [0.25, 0.3) is 0 Å². The number of carbonyl (C=O) groups is 1. The zero-order valence-corrected chi connectivity index (χ0v) is 7.25. The number of hydrogen-bond donors (Lipinski definition) is 2. The van der Waals surface area contributed by atoms with Crippen LogP contribution < -0.4 is 5.73 Å². The Bertz CT molecular complexity index is 269. The van der Waals surface area contributed by atoms with Crippen molar-refractivity contribution in [2.45, 2.75) is 11.7 Å². The summed E-state index contributed by atoms with van der Waals surface area (Å²) >= 11 is 0. The summed E-state index contributed by atoms with van der Waals surface area (Å²) in [6, 6.07) is 0. The normalized spacial score (nSPS) is 13.8. The van der Waals surface area contributed by atoms with E-state index in [0.29, 0.717) is 0 Å². The van der Waals surface area contributed by atoms with E-state index in [1.165, 1.54) is 0 Å². The smallest absolute Gasteiger partial charge is 0.269 e. The standard InChI is InChI=1S/C6H11NO4S/c1-2-5(8)3-6(4-7)12(9,10)11/h2,6H,1,3-4,7H2,(H,9,10,11). The minimum absolute atomic E-state index is 0.279. The van der Waals surface area contributed by atoms with E-state index in [9.17, 15) is 13.2 Å². The van der Waals surface area contributed by atoms with Crippen LogP contribution in [0.2, 0.25) is 0 Å². The molecule has 0 spiro atoms. The minimum atomic E-state index is -4.21. The fourth-order valence-electron chi connectivity index (χ4n) is 0.618. The van der Waals surface area contributed by atoms with E-state index in [4.69, 9.17) is 10.3 Å². The average Bonchev–Trinajstić information content (AvgIpc) is 1.97. The summed E-state index contributed by atoms with van der Waals surface area (Å²) < 4.78 is 29.5. The lowest BCUT2D eigenvalue weighted by atomic mass is 10.2. The molecule has 0 heterocycles. The van der Waals surface area contributed by atoms with E-state index in [1.54, 1.807) is 0 Å². The first-order valence-electron chi connectivity index (χ1n) is 3.23.